The summed E-state index contributed by atoms with van der Waals surface area (Å²) in [5.41, 5.74) is 3.74. The molecule has 4 rings (SSSR count). The fraction of sp³-hybridized carbons (Fsp3) is 0.263. The molecule has 1 atom stereocenters. The summed E-state index contributed by atoms with van der Waals surface area (Å²) < 4.78 is 1.00. The number of benzene rings is 1. The molecule has 1 aromatic heterocycles. The normalized spacial score (nSPS) is 19.4. The zero-order valence-electron chi connectivity index (χ0n) is 13.8. The Bertz CT molecular complexity index is 900. The molecule has 2 N–H and O–H groups in total. The van der Waals surface area contributed by atoms with Crippen LogP contribution < -0.4 is 5.32 Å². The number of rotatable bonds is 2. The first-order valence-electron chi connectivity index (χ1n) is 8.28. The summed E-state index contributed by atoms with van der Waals surface area (Å²) in [6.45, 7) is 2.83. The van der Waals surface area contributed by atoms with Crippen LogP contribution in [-0.4, -0.2) is 34.7 Å². The Labute approximate surface area is 154 Å². The van der Waals surface area contributed by atoms with Crippen LogP contribution in [0.3, 0.4) is 0 Å². The molecule has 1 fully saturated rings. The number of aromatic amines is 1. The van der Waals surface area contributed by atoms with Crippen molar-refractivity contribution in [3.05, 3.63) is 63.5 Å². The van der Waals surface area contributed by atoms with E-state index in [0.717, 1.165) is 27.7 Å². The summed E-state index contributed by atoms with van der Waals surface area (Å²) in [6, 6.07) is 8.09. The highest BCUT2D eigenvalue weighted by Crippen LogP contribution is 2.36. The molecule has 0 aliphatic carbocycles. The Kier molecular flexibility index (Phi) is 4.00. The van der Waals surface area contributed by atoms with Gasteiger partial charge in [-0.2, -0.15) is 0 Å². The molecule has 0 saturated carbocycles. The van der Waals surface area contributed by atoms with E-state index in [2.05, 4.69) is 26.2 Å². The maximum Gasteiger partial charge on any atom is 0.256 e. The summed E-state index contributed by atoms with van der Waals surface area (Å²) in [6.07, 6.45) is 4.41. The van der Waals surface area contributed by atoms with Crippen molar-refractivity contribution in [2.75, 3.05) is 13.1 Å². The van der Waals surface area contributed by atoms with Crippen LogP contribution in [0.5, 0.6) is 0 Å². The molecular weight excluding hydrogens is 382 g/mol. The van der Waals surface area contributed by atoms with E-state index in [1.807, 2.05) is 42.3 Å². The van der Waals surface area contributed by atoms with Gasteiger partial charge in [0.05, 0.1) is 29.4 Å². The minimum absolute atomic E-state index is 0.0613. The van der Waals surface area contributed by atoms with Crippen molar-refractivity contribution < 1.29 is 9.59 Å². The number of carbonyl (C=O) groups is 2. The van der Waals surface area contributed by atoms with E-state index in [0.29, 0.717) is 17.7 Å². The van der Waals surface area contributed by atoms with Gasteiger partial charge in [0.2, 0.25) is 0 Å². The van der Waals surface area contributed by atoms with E-state index in [1.165, 1.54) is 0 Å². The van der Waals surface area contributed by atoms with E-state index >= 15 is 0 Å². The predicted octanol–water partition coefficient (Wildman–Crippen LogP) is 3.51. The molecule has 0 radical (unpaired) electrons. The average molecular weight is 400 g/mol. The Hall–Kier alpha value is -2.34. The summed E-state index contributed by atoms with van der Waals surface area (Å²) in [5.74, 6) is -0.149. The molecule has 2 aliphatic rings. The molecule has 0 bridgehead atoms. The van der Waals surface area contributed by atoms with Crippen molar-refractivity contribution in [2.24, 2.45) is 0 Å². The minimum atomic E-state index is -0.0863. The van der Waals surface area contributed by atoms with Crippen LogP contribution in [0.1, 0.15) is 51.4 Å². The SMILES string of the molecule is CC1=CNCC(=O)c2c(C(=O)N3CCC3c3cccc(Br)c3)c[nH]c21. The number of Topliss-reactive ketones (excluding diaryl/α,β-unsaturated/α-hetero) is 1. The van der Waals surface area contributed by atoms with Crippen LogP contribution >= 0.6 is 15.9 Å². The van der Waals surface area contributed by atoms with Gasteiger partial charge in [0.1, 0.15) is 0 Å². The average Bonchev–Trinajstić information content (AvgIpc) is 2.93. The smallest absolute Gasteiger partial charge is 0.256 e. The van der Waals surface area contributed by atoms with Crippen LogP contribution in [0.15, 0.2) is 41.1 Å². The lowest BCUT2D eigenvalue weighted by Gasteiger charge is -2.41. The van der Waals surface area contributed by atoms with E-state index in [9.17, 15) is 9.59 Å². The highest BCUT2D eigenvalue weighted by atomic mass is 79.9. The van der Waals surface area contributed by atoms with Crippen molar-refractivity contribution in [1.29, 1.82) is 0 Å². The van der Waals surface area contributed by atoms with Gasteiger partial charge in [-0.15, -0.1) is 0 Å². The van der Waals surface area contributed by atoms with Gasteiger partial charge in [-0.1, -0.05) is 28.1 Å². The number of halogens is 1. The summed E-state index contributed by atoms with van der Waals surface area (Å²) in [5, 5.41) is 2.98. The van der Waals surface area contributed by atoms with Crippen molar-refractivity contribution in [3.63, 3.8) is 0 Å². The maximum absolute atomic E-state index is 13.1. The van der Waals surface area contributed by atoms with Gasteiger partial charge in [0, 0.05) is 23.4 Å². The number of amides is 1. The molecule has 0 spiro atoms. The minimum Gasteiger partial charge on any atom is -0.383 e. The predicted molar refractivity (Wildman–Crippen MR) is 99.3 cm³/mol. The quantitative estimate of drug-likeness (QED) is 0.811. The third-order valence-electron chi connectivity index (χ3n) is 4.88. The van der Waals surface area contributed by atoms with E-state index in [-0.39, 0.29) is 24.3 Å². The van der Waals surface area contributed by atoms with Gasteiger partial charge in [-0.25, -0.2) is 0 Å². The fourth-order valence-electron chi connectivity index (χ4n) is 3.50. The third kappa shape index (κ3) is 2.70. The molecular formula is C19H18BrN3O2. The molecule has 1 aromatic carbocycles. The highest BCUT2D eigenvalue weighted by Gasteiger charge is 2.36. The fourth-order valence-corrected chi connectivity index (χ4v) is 3.91. The molecule has 5 nitrogen and oxygen atoms in total. The van der Waals surface area contributed by atoms with E-state index < -0.39 is 0 Å². The molecule has 2 aromatic rings. The number of nitrogens with one attached hydrogen (secondary N) is 2. The first kappa shape index (κ1) is 16.1. The molecule has 1 saturated heterocycles. The molecule has 25 heavy (non-hydrogen) atoms. The van der Waals surface area contributed by atoms with Crippen molar-refractivity contribution in [1.82, 2.24) is 15.2 Å². The van der Waals surface area contributed by atoms with Gasteiger partial charge < -0.3 is 15.2 Å². The monoisotopic (exact) mass is 399 g/mol. The molecule has 6 heteroatoms. The summed E-state index contributed by atoms with van der Waals surface area (Å²) in [4.78, 5) is 30.5. The van der Waals surface area contributed by atoms with E-state index in [1.54, 1.807) is 6.20 Å². The standard InChI is InChI=1S/C19H18BrN3O2/c1-11-8-21-10-16(24)17-14(9-22-18(11)17)19(25)23-6-5-15(23)12-3-2-4-13(20)7-12/h2-4,7-9,15,21-22H,5-6,10H2,1H3. The maximum atomic E-state index is 13.1. The lowest BCUT2D eigenvalue weighted by Crippen LogP contribution is -2.45. The first-order valence-corrected chi connectivity index (χ1v) is 9.07. The number of fused-ring (bicyclic) bond motifs is 1. The van der Waals surface area contributed by atoms with Crippen LogP contribution in [0, 0.1) is 0 Å². The number of likely N-dealkylation sites (tertiary alicyclic amines) is 1. The number of hydrogen-bond donors (Lipinski definition) is 2. The van der Waals surface area contributed by atoms with Gasteiger partial charge >= 0.3 is 0 Å². The van der Waals surface area contributed by atoms with E-state index in [4.69, 9.17) is 0 Å². The topological polar surface area (TPSA) is 65.2 Å². The summed E-state index contributed by atoms with van der Waals surface area (Å²) in [7, 11) is 0. The second-order valence-corrected chi connectivity index (χ2v) is 7.36. The molecule has 2 aliphatic heterocycles. The Morgan fingerprint density at radius 3 is 2.92 bits per heavy atom. The number of carbonyl (C=O) groups excluding carboxylic acids is 2. The van der Waals surface area contributed by atoms with Gasteiger partial charge in [-0.3, -0.25) is 9.59 Å². The van der Waals surface area contributed by atoms with Crippen LogP contribution in [0.4, 0.5) is 0 Å². The molecule has 1 unspecified atom stereocenters. The van der Waals surface area contributed by atoms with Gasteiger partial charge in [0.15, 0.2) is 5.78 Å². The third-order valence-corrected chi connectivity index (χ3v) is 5.37. The lowest BCUT2D eigenvalue weighted by atomic mass is 9.93. The largest absolute Gasteiger partial charge is 0.383 e. The number of H-pyrrole nitrogens is 1. The molecule has 1 amide bonds. The number of allylic oxidation sites excluding steroid dienone is 1. The first-order chi connectivity index (χ1) is 12.1. The van der Waals surface area contributed by atoms with Gasteiger partial charge in [0.25, 0.3) is 5.91 Å². The lowest BCUT2D eigenvalue weighted by molar-refractivity contribution is 0.0458. The van der Waals surface area contributed by atoms with Gasteiger partial charge in [-0.05, 0) is 36.6 Å². The Morgan fingerprint density at radius 1 is 1.36 bits per heavy atom. The zero-order chi connectivity index (χ0) is 17.6. The summed E-state index contributed by atoms with van der Waals surface area (Å²) >= 11 is 3.49. The number of hydrogen-bond acceptors (Lipinski definition) is 3. The van der Waals surface area contributed by atoms with Crippen molar-refractivity contribution in [2.45, 2.75) is 19.4 Å². The second-order valence-electron chi connectivity index (χ2n) is 6.44. The Balaban J connectivity index is 1.67. The Morgan fingerprint density at radius 2 is 2.20 bits per heavy atom. The number of nitrogens with zero attached hydrogens (tertiary/aromatic N) is 1. The number of ketones is 1. The van der Waals surface area contributed by atoms with Crippen LogP contribution in [0.2, 0.25) is 0 Å². The highest BCUT2D eigenvalue weighted by molar-refractivity contribution is 9.10. The van der Waals surface area contributed by atoms with Crippen LogP contribution in [0.25, 0.3) is 5.57 Å². The number of aromatic nitrogens is 1. The zero-order valence-corrected chi connectivity index (χ0v) is 15.4. The molecule has 3 heterocycles. The molecule has 128 valence electrons. The van der Waals surface area contributed by atoms with Crippen molar-refractivity contribution in [3.8, 4) is 0 Å². The second kappa shape index (κ2) is 6.19. The van der Waals surface area contributed by atoms with Crippen LogP contribution in [-0.2, 0) is 0 Å². The van der Waals surface area contributed by atoms with Crippen molar-refractivity contribution >= 4 is 33.2 Å².